The first-order valence-electron chi connectivity index (χ1n) is 7.36. The first-order valence-corrected chi connectivity index (χ1v) is 7.36. The van der Waals surface area contributed by atoms with Crippen LogP contribution in [0.4, 0.5) is 5.95 Å². The second kappa shape index (κ2) is 7.26. The van der Waals surface area contributed by atoms with Crippen LogP contribution in [0.3, 0.4) is 0 Å². The molecule has 3 rings (SSSR count). The molecular weight excluding hydrogens is 322 g/mol. The lowest BCUT2D eigenvalue weighted by atomic mass is 10.2. The first-order chi connectivity index (χ1) is 12.2. The van der Waals surface area contributed by atoms with Crippen molar-refractivity contribution in [3.8, 4) is 22.8 Å². The Labute approximate surface area is 142 Å². The molecule has 0 spiro atoms. The van der Waals surface area contributed by atoms with E-state index in [1.165, 1.54) is 19.4 Å². The summed E-state index contributed by atoms with van der Waals surface area (Å²) in [4.78, 5) is 14.7. The average molecular weight is 337 g/mol. The van der Waals surface area contributed by atoms with Gasteiger partial charge in [-0.2, -0.15) is 5.10 Å². The van der Waals surface area contributed by atoms with Gasteiger partial charge in [0.25, 0.3) is 5.56 Å². The average Bonchev–Trinajstić information content (AvgIpc) is 2.64. The smallest absolute Gasteiger partial charge is 0.279 e. The normalized spacial score (nSPS) is 10.8. The molecule has 0 atom stereocenters. The summed E-state index contributed by atoms with van der Waals surface area (Å²) in [7, 11) is 1.46. The highest BCUT2D eigenvalue weighted by molar-refractivity contribution is 5.81. The monoisotopic (exact) mass is 337 g/mol. The summed E-state index contributed by atoms with van der Waals surface area (Å²) in [6.07, 6.45) is 1.49. The minimum absolute atomic E-state index is 0.0410. The van der Waals surface area contributed by atoms with Gasteiger partial charge in [-0.05, 0) is 23.8 Å². The number of hydrogen-bond donors (Lipinski definition) is 3. The van der Waals surface area contributed by atoms with E-state index < -0.39 is 0 Å². The number of aromatic nitrogens is 3. The minimum Gasteiger partial charge on any atom is -0.504 e. The summed E-state index contributed by atoms with van der Waals surface area (Å²) in [5.41, 5.74) is 3.84. The van der Waals surface area contributed by atoms with Crippen LogP contribution in [0.15, 0.2) is 58.4 Å². The number of H-pyrrole nitrogens is 1. The maximum Gasteiger partial charge on any atom is 0.279 e. The summed E-state index contributed by atoms with van der Waals surface area (Å²) in [5.74, 6) is 0.496. The fraction of sp³-hybridized carbons (Fsp3) is 0.0588. The lowest BCUT2D eigenvalue weighted by Gasteiger charge is -2.03. The van der Waals surface area contributed by atoms with Crippen molar-refractivity contribution < 1.29 is 9.84 Å². The van der Waals surface area contributed by atoms with Crippen molar-refractivity contribution in [3.05, 3.63) is 64.4 Å². The zero-order valence-electron chi connectivity index (χ0n) is 13.3. The molecule has 0 aliphatic rings. The van der Waals surface area contributed by atoms with Gasteiger partial charge < -0.3 is 9.84 Å². The zero-order chi connectivity index (χ0) is 17.6. The Hall–Kier alpha value is -3.68. The molecule has 0 radical (unpaired) electrons. The van der Waals surface area contributed by atoms with Crippen LogP contribution < -0.4 is 15.7 Å². The van der Waals surface area contributed by atoms with Gasteiger partial charge in [-0.1, -0.05) is 30.3 Å². The molecule has 0 saturated heterocycles. The van der Waals surface area contributed by atoms with Crippen LogP contribution in [0, 0.1) is 0 Å². The number of phenols is 1. The maximum atomic E-state index is 12.1. The van der Waals surface area contributed by atoms with Gasteiger partial charge in [-0.3, -0.25) is 9.78 Å². The second-order valence-electron chi connectivity index (χ2n) is 5.02. The molecule has 1 aromatic heterocycles. The number of nitrogens with zero attached hydrogens (tertiary/aromatic N) is 3. The van der Waals surface area contributed by atoms with Crippen LogP contribution in [-0.4, -0.2) is 33.6 Å². The fourth-order valence-electron chi connectivity index (χ4n) is 2.11. The van der Waals surface area contributed by atoms with Crippen molar-refractivity contribution in [2.75, 3.05) is 12.5 Å². The molecule has 8 nitrogen and oxygen atoms in total. The molecule has 0 fully saturated rings. The first kappa shape index (κ1) is 16.2. The Bertz CT molecular complexity index is 954. The maximum absolute atomic E-state index is 12.1. The Kier molecular flexibility index (Phi) is 4.70. The summed E-state index contributed by atoms with van der Waals surface area (Å²) in [6, 6.07) is 13.8. The lowest BCUT2D eigenvalue weighted by molar-refractivity contribution is 0.373. The molecule has 0 saturated carbocycles. The highest BCUT2D eigenvalue weighted by Crippen LogP contribution is 2.25. The molecule has 25 heavy (non-hydrogen) atoms. The molecule has 0 aliphatic carbocycles. The highest BCUT2D eigenvalue weighted by Gasteiger charge is 2.06. The van der Waals surface area contributed by atoms with Crippen LogP contribution in [0.1, 0.15) is 5.56 Å². The van der Waals surface area contributed by atoms with Crippen LogP contribution in [0.2, 0.25) is 0 Å². The van der Waals surface area contributed by atoms with Gasteiger partial charge >= 0.3 is 0 Å². The number of aromatic hydroxyl groups is 1. The molecule has 0 aliphatic heterocycles. The van der Waals surface area contributed by atoms with Gasteiger partial charge in [-0.25, -0.2) is 5.43 Å². The van der Waals surface area contributed by atoms with Gasteiger partial charge in [0, 0.05) is 5.56 Å². The summed E-state index contributed by atoms with van der Waals surface area (Å²) in [6.45, 7) is 0. The zero-order valence-corrected chi connectivity index (χ0v) is 13.3. The molecule has 3 aromatic rings. The molecule has 0 bridgehead atoms. The third-order valence-electron chi connectivity index (χ3n) is 3.33. The van der Waals surface area contributed by atoms with E-state index in [9.17, 15) is 9.90 Å². The van der Waals surface area contributed by atoms with E-state index in [4.69, 9.17) is 4.74 Å². The van der Waals surface area contributed by atoms with Gasteiger partial charge in [0.05, 0.1) is 13.3 Å². The SMILES string of the molecule is COc1cc(/C=N\Nc2nnc(-c3ccccc3)c(=O)[nH]2)ccc1O. The van der Waals surface area contributed by atoms with Crippen molar-refractivity contribution in [2.45, 2.75) is 0 Å². The number of benzene rings is 2. The lowest BCUT2D eigenvalue weighted by Crippen LogP contribution is -2.15. The molecule has 8 heteroatoms. The van der Waals surface area contributed by atoms with Crippen LogP contribution in [0.5, 0.6) is 11.5 Å². The Balaban J connectivity index is 1.74. The molecular formula is C17H15N5O3. The molecule has 2 aromatic carbocycles. The van der Waals surface area contributed by atoms with Gasteiger partial charge in [-0.15, -0.1) is 10.2 Å². The fourth-order valence-corrected chi connectivity index (χ4v) is 2.11. The van der Waals surface area contributed by atoms with Gasteiger partial charge in [0.1, 0.15) is 0 Å². The van der Waals surface area contributed by atoms with E-state index in [1.807, 2.05) is 18.2 Å². The Morgan fingerprint density at radius 3 is 2.72 bits per heavy atom. The van der Waals surface area contributed by atoms with E-state index in [2.05, 4.69) is 25.7 Å². The van der Waals surface area contributed by atoms with E-state index in [1.54, 1.807) is 24.3 Å². The van der Waals surface area contributed by atoms with E-state index in [0.29, 0.717) is 16.9 Å². The number of ether oxygens (including phenoxy) is 1. The largest absolute Gasteiger partial charge is 0.504 e. The minimum atomic E-state index is -0.370. The summed E-state index contributed by atoms with van der Waals surface area (Å²) < 4.78 is 5.02. The second-order valence-corrected chi connectivity index (χ2v) is 5.02. The van der Waals surface area contributed by atoms with Gasteiger partial charge in [0.2, 0.25) is 5.95 Å². The molecule has 1 heterocycles. The summed E-state index contributed by atoms with van der Waals surface area (Å²) >= 11 is 0. The molecule has 0 unspecified atom stereocenters. The van der Waals surface area contributed by atoms with Gasteiger partial charge in [0.15, 0.2) is 17.2 Å². The van der Waals surface area contributed by atoms with Crippen molar-refractivity contribution in [2.24, 2.45) is 5.10 Å². The van der Waals surface area contributed by atoms with Crippen molar-refractivity contribution >= 4 is 12.2 Å². The van der Waals surface area contributed by atoms with E-state index in [-0.39, 0.29) is 23.0 Å². The number of methoxy groups -OCH3 is 1. The van der Waals surface area contributed by atoms with E-state index >= 15 is 0 Å². The molecule has 3 N–H and O–H groups in total. The number of aromatic amines is 1. The number of nitrogens with one attached hydrogen (secondary N) is 2. The number of phenolic OH excluding ortho intramolecular Hbond substituents is 1. The Morgan fingerprint density at radius 2 is 2.00 bits per heavy atom. The van der Waals surface area contributed by atoms with Crippen molar-refractivity contribution in [1.82, 2.24) is 15.2 Å². The Morgan fingerprint density at radius 1 is 1.20 bits per heavy atom. The quantitative estimate of drug-likeness (QED) is 0.485. The number of anilines is 1. The summed E-state index contributed by atoms with van der Waals surface area (Å²) in [5, 5.41) is 21.4. The van der Waals surface area contributed by atoms with Crippen molar-refractivity contribution in [1.29, 1.82) is 0 Å². The standard InChI is InChI=1S/C17H15N5O3/c1-25-14-9-11(7-8-13(14)23)10-18-21-17-19-16(24)15(20-22-17)12-5-3-2-4-6-12/h2-10,23H,1H3,(H2,19,21,22,24)/b18-10-. The molecule has 0 amide bonds. The highest BCUT2D eigenvalue weighted by atomic mass is 16.5. The molecule has 126 valence electrons. The predicted molar refractivity (Wildman–Crippen MR) is 94.0 cm³/mol. The predicted octanol–water partition coefficient (Wildman–Crippen LogP) is 1.99. The third kappa shape index (κ3) is 3.81. The number of rotatable bonds is 5. The van der Waals surface area contributed by atoms with Crippen LogP contribution in [0.25, 0.3) is 11.3 Å². The topological polar surface area (TPSA) is 112 Å². The number of hydrazone groups is 1. The van der Waals surface area contributed by atoms with Crippen molar-refractivity contribution in [3.63, 3.8) is 0 Å². The number of hydrogen-bond acceptors (Lipinski definition) is 7. The van der Waals surface area contributed by atoms with E-state index in [0.717, 1.165) is 0 Å². The van der Waals surface area contributed by atoms with Crippen LogP contribution in [-0.2, 0) is 0 Å². The van der Waals surface area contributed by atoms with Crippen LogP contribution >= 0.6 is 0 Å². The third-order valence-corrected chi connectivity index (χ3v) is 3.33.